The Morgan fingerprint density at radius 3 is 2.67 bits per heavy atom. The van der Waals surface area contributed by atoms with Crippen LogP contribution < -0.4 is 19.5 Å². The lowest BCUT2D eigenvalue weighted by molar-refractivity contribution is -0.118. The number of carbonyl (C=O) groups excluding carboxylic acids is 1. The largest absolute Gasteiger partial charge is 0.493 e. The van der Waals surface area contributed by atoms with Gasteiger partial charge in [-0.05, 0) is 42.3 Å². The van der Waals surface area contributed by atoms with Crippen LogP contribution in [0.25, 0.3) is 0 Å². The molecule has 0 bridgehead atoms. The van der Waals surface area contributed by atoms with Crippen LogP contribution in [0.15, 0.2) is 46.9 Å². The standard InChI is InChI=1S/C20H24BrNO4S/c1-24-18-7-6-15(12-19(18)25-2)8-9-22-20(23)14-27-11-10-26-17-5-3-4-16(21)13-17/h3-7,12-13H,8-11,14H2,1-2H3,(H,22,23). The van der Waals surface area contributed by atoms with Crippen molar-refractivity contribution < 1.29 is 19.0 Å². The Balaban J connectivity index is 1.59. The summed E-state index contributed by atoms with van der Waals surface area (Å²) >= 11 is 4.97. The van der Waals surface area contributed by atoms with Gasteiger partial charge in [0.05, 0.1) is 26.6 Å². The van der Waals surface area contributed by atoms with Gasteiger partial charge in [0.25, 0.3) is 0 Å². The van der Waals surface area contributed by atoms with Crippen molar-refractivity contribution in [3.05, 3.63) is 52.5 Å². The molecule has 0 aliphatic heterocycles. The highest BCUT2D eigenvalue weighted by atomic mass is 79.9. The van der Waals surface area contributed by atoms with E-state index >= 15 is 0 Å². The number of rotatable bonds is 11. The van der Waals surface area contributed by atoms with E-state index in [1.165, 1.54) is 0 Å². The molecule has 1 N–H and O–H groups in total. The Hall–Kier alpha value is -1.86. The molecule has 0 heterocycles. The third-order valence-corrected chi connectivity index (χ3v) is 5.12. The van der Waals surface area contributed by atoms with E-state index in [0.29, 0.717) is 30.4 Å². The smallest absolute Gasteiger partial charge is 0.230 e. The van der Waals surface area contributed by atoms with Gasteiger partial charge in [0.1, 0.15) is 5.75 Å². The molecule has 2 aromatic rings. The molecule has 0 radical (unpaired) electrons. The number of ether oxygens (including phenoxy) is 3. The molecule has 0 aromatic heterocycles. The van der Waals surface area contributed by atoms with E-state index in [1.807, 2.05) is 42.5 Å². The summed E-state index contributed by atoms with van der Waals surface area (Å²) in [6.07, 6.45) is 0.739. The first-order chi connectivity index (χ1) is 13.1. The first kappa shape index (κ1) is 21.4. The highest BCUT2D eigenvalue weighted by Crippen LogP contribution is 2.27. The van der Waals surface area contributed by atoms with Gasteiger partial charge < -0.3 is 19.5 Å². The van der Waals surface area contributed by atoms with Gasteiger partial charge >= 0.3 is 0 Å². The van der Waals surface area contributed by atoms with E-state index in [9.17, 15) is 4.79 Å². The maximum atomic E-state index is 11.9. The second-order valence-corrected chi connectivity index (χ2v) is 7.67. The van der Waals surface area contributed by atoms with Crippen LogP contribution >= 0.6 is 27.7 Å². The summed E-state index contributed by atoms with van der Waals surface area (Å²) in [5, 5.41) is 2.93. The second kappa shape index (κ2) is 11.8. The molecule has 0 atom stereocenters. The number of nitrogens with one attached hydrogen (secondary N) is 1. The van der Waals surface area contributed by atoms with E-state index in [4.69, 9.17) is 14.2 Å². The molecule has 0 saturated carbocycles. The van der Waals surface area contributed by atoms with Gasteiger partial charge in [-0.15, -0.1) is 11.8 Å². The minimum Gasteiger partial charge on any atom is -0.493 e. The Morgan fingerprint density at radius 1 is 1.11 bits per heavy atom. The van der Waals surface area contributed by atoms with Crippen molar-refractivity contribution in [2.75, 3.05) is 38.9 Å². The summed E-state index contributed by atoms with van der Waals surface area (Å²) in [5.74, 6) is 3.44. The van der Waals surface area contributed by atoms with Crippen molar-refractivity contribution in [1.29, 1.82) is 0 Å². The average molecular weight is 454 g/mol. The lowest BCUT2D eigenvalue weighted by Gasteiger charge is -2.10. The highest BCUT2D eigenvalue weighted by Gasteiger charge is 2.06. The Labute approximate surface area is 172 Å². The molecule has 2 aromatic carbocycles. The zero-order valence-electron chi connectivity index (χ0n) is 15.5. The molecular formula is C20H24BrNO4S. The van der Waals surface area contributed by atoms with E-state index in [-0.39, 0.29) is 5.91 Å². The fourth-order valence-electron chi connectivity index (χ4n) is 2.37. The third kappa shape index (κ3) is 7.72. The first-order valence-corrected chi connectivity index (χ1v) is 10.5. The van der Waals surface area contributed by atoms with Crippen molar-refractivity contribution >= 4 is 33.6 Å². The summed E-state index contributed by atoms with van der Waals surface area (Å²) in [7, 11) is 3.22. The van der Waals surface area contributed by atoms with Crippen LogP contribution in [0, 0.1) is 0 Å². The second-order valence-electron chi connectivity index (χ2n) is 5.65. The fourth-order valence-corrected chi connectivity index (χ4v) is 3.38. The van der Waals surface area contributed by atoms with E-state index in [1.54, 1.807) is 26.0 Å². The van der Waals surface area contributed by atoms with Gasteiger partial charge in [0.15, 0.2) is 11.5 Å². The van der Waals surface area contributed by atoms with Gasteiger partial charge in [-0.1, -0.05) is 28.1 Å². The van der Waals surface area contributed by atoms with Gasteiger partial charge in [-0.2, -0.15) is 0 Å². The Kier molecular flexibility index (Phi) is 9.35. The van der Waals surface area contributed by atoms with Crippen LogP contribution in [0.5, 0.6) is 17.2 Å². The van der Waals surface area contributed by atoms with Crippen LogP contribution in [0.4, 0.5) is 0 Å². The van der Waals surface area contributed by atoms with Gasteiger partial charge in [0.2, 0.25) is 5.91 Å². The van der Waals surface area contributed by atoms with E-state index < -0.39 is 0 Å². The molecular weight excluding hydrogens is 430 g/mol. The van der Waals surface area contributed by atoms with Crippen molar-refractivity contribution in [1.82, 2.24) is 5.32 Å². The molecule has 146 valence electrons. The molecule has 7 heteroatoms. The van der Waals surface area contributed by atoms with Crippen molar-refractivity contribution in [2.24, 2.45) is 0 Å². The summed E-state index contributed by atoms with van der Waals surface area (Å²) in [6, 6.07) is 13.5. The predicted molar refractivity (Wildman–Crippen MR) is 113 cm³/mol. The number of methoxy groups -OCH3 is 2. The topological polar surface area (TPSA) is 56.8 Å². The summed E-state index contributed by atoms with van der Waals surface area (Å²) < 4.78 is 17.1. The first-order valence-electron chi connectivity index (χ1n) is 8.56. The van der Waals surface area contributed by atoms with Crippen molar-refractivity contribution in [3.8, 4) is 17.2 Å². The quantitative estimate of drug-likeness (QED) is 0.522. The maximum absolute atomic E-state index is 11.9. The lowest BCUT2D eigenvalue weighted by Crippen LogP contribution is -2.27. The summed E-state index contributed by atoms with van der Waals surface area (Å²) in [6.45, 7) is 1.16. The number of benzene rings is 2. The maximum Gasteiger partial charge on any atom is 0.230 e. The summed E-state index contributed by atoms with van der Waals surface area (Å²) in [5.41, 5.74) is 1.09. The average Bonchev–Trinajstić information content (AvgIpc) is 2.67. The molecule has 27 heavy (non-hydrogen) atoms. The molecule has 5 nitrogen and oxygen atoms in total. The van der Waals surface area contributed by atoms with Crippen molar-refractivity contribution in [3.63, 3.8) is 0 Å². The molecule has 0 saturated heterocycles. The van der Waals surface area contributed by atoms with Crippen LogP contribution in [0.1, 0.15) is 5.56 Å². The monoisotopic (exact) mass is 453 g/mol. The number of halogens is 1. The molecule has 1 amide bonds. The molecule has 0 aliphatic rings. The fraction of sp³-hybridized carbons (Fsp3) is 0.350. The Morgan fingerprint density at radius 2 is 1.93 bits per heavy atom. The number of hydrogen-bond acceptors (Lipinski definition) is 5. The van der Waals surface area contributed by atoms with Crippen LogP contribution in [-0.2, 0) is 11.2 Å². The summed E-state index contributed by atoms with van der Waals surface area (Å²) in [4.78, 5) is 11.9. The molecule has 0 aliphatic carbocycles. The lowest BCUT2D eigenvalue weighted by atomic mass is 10.1. The van der Waals surface area contributed by atoms with E-state index in [0.717, 1.165) is 28.0 Å². The van der Waals surface area contributed by atoms with Gasteiger partial charge in [-0.3, -0.25) is 4.79 Å². The van der Waals surface area contributed by atoms with E-state index in [2.05, 4.69) is 21.2 Å². The highest BCUT2D eigenvalue weighted by molar-refractivity contribution is 9.10. The normalized spacial score (nSPS) is 10.3. The molecule has 0 spiro atoms. The number of hydrogen-bond donors (Lipinski definition) is 1. The zero-order valence-corrected chi connectivity index (χ0v) is 17.9. The molecule has 0 fully saturated rings. The van der Waals surface area contributed by atoms with Crippen LogP contribution in [-0.4, -0.2) is 44.8 Å². The number of carbonyl (C=O) groups is 1. The van der Waals surface area contributed by atoms with Crippen molar-refractivity contribution in [2.45, 2.75) is 6.42 Å². The predicted octanol–water partition coefficient (Wildman–Crippen LogP) is 3.94. The minimum atomic E-state index is 0.0305. The van der Waals surface area contributed by atoms with Crippen LogP contribution in [0.2, 0.25) is 0 Å². The van der Waals surface area contributed by atoms with Gasteiger partial charge in [0, 0.05) is 16.8 Å². The van der Waals surface area contributed by atoms with Crippen LogP contribution in [0.3, 0.4) is 0 Å². The molecule has 0 unspecified atom stereocenters. The SMILES string of the molecule is COc1ccc(CCNC(=O)CSCCOc2cccc(Br)c2)cc1OC. The zero-order chi connectivity index (χ0) is 19.5. The molecule has 2 rings (SSSR count). The van der Waals surface area contributed by atoms with Gasteiger partial charge in [-0.25, -0.2) is 0 Å². The Bertz CT molecular complexity index is 742. The third-order valence-electron chi connectivity index (χ3n) is 3.71. The number of amides is 1. The number of thioether (sulfide) groups is 1. The minimum absolute atomic E-state index is 0.0305.